The smallest absolute Gasteiger partial charge is 0.127 e. The molecule has 1 saturated carbocycles. The lowest BCUT2D eigenvalue weighted by atomic mass is 9.88. The zero-order valence-corrected chi connectivity index (χ0v) is 11.8. The van der Waals surface area contributed by atoms with Gasteiger partial charge in [-0.25, -0.2) is 4.39 Å². The molecule has 0 radical (unpaired) electrons. The normalized spacial score (nSPS) is 18.2. The summed E-state index contributed by atoms with van der Waals surface area (Å²) in [5.41, 5.74) is 0.821. The highest BCUT2D eigenvalue weighted by Gasteiger charge is 2.32. The van der Waals surface area contributed by atoms with Gasteiger partial charge >= 0.3 is 0 Å². The summed E-state index contributed by atoms with van der Waals surface area (Å²) in [6.45, 7) is 1.35. The number of alkyl halides is 1. The highest BCUT2D eigenvalue weighted by molar-refractivity contribution is 6.30. The maximum absolute atomic E-state index is 13.5. The van der Waals surface area contributed by atoms with Gasteiger partial charge in [0, 0.05) is 29.6 Å². The summed E-state index contributed by atoms with van der Waals surface area (Å²) in [6, 6.07) is 4.65. The Hall–Kier alpha value is -0.310. The van der Waals surface area contributed by atoms with Crippen LogP contribution in [0.5, 0.6) is 0 Å². The molecule has 0 amide bonds. The Kier molecular flexibility index (Phi) is 4.88. The second-order valence-electron chi connectivity index (χ2n) is 5.18. The molecule has 100 valence electrons. The second kappa shape index (κ2) is 6.23. The molecule has 1 aromatic rings. The van der Waals surface area contributed by atoms with Crippen molar-refractivity contribution in [1.82, 2.24) is 5.32 Å². The van der Waals surface area contributed by atoms with Crippen molar-refractivity contribution in [2.45, 2.75) is 32.2 Å². The molecule has 1 aromatic carbocycles. The maximum atomic E-state index is 13.5. The zero-order chi connectivity index (χ0) is 13.0. The maximum Gasteiger partial charge on any atom is 0.127 e. The summed E-state index contributed by atoms with van der Waals surface area (Å²) in [5.74, 6) is 0.469. The number of hydrogen-bond acceptors (Lipinski definition) is 1. The molecule has 0 atom stereocenters. The molecule has 0 bridgehead atoms. The van der Waals surface area contributed by atoms with Crippen LogP contribution in [0.15, 0.2) is 18.2 Å². The average molecular weight is 290 g/mol. The van der Waals surface area contributed by atoms with Gasteiger partial charge in [0.1, 0.15) is 5.82 Å². The molecule has 2 rings (SSSR count). The third kappa shape index (κ3) is 3.37. The summed E-state index contributed by atoms with van der Waals surface area (Å²) in [5, 5.41) is 3.89. The Balaban J connectivity index is 1.89. The van der Waals surface area contributed by atoms with E-state index in [9.17, 15) is 4.39 Å². The summed E-state index contributed by atoms with van der Waals surface area (Å²) in [7, 11) is 0. The molecular weight excluding hydrogens is 272 g/mol. The first kappa shape index (κ1) is 14.1. The molecule has 18 heavy (non-hydrogen) atoms. The van der Waals surface area contributed by atoms with Crippen LogP contribution in [0.2, 0.25) is 5.02 Å². The quantitative estimate of drug-likeness (QED) is 0.794. The summed E-state index contributed by atoms with van der Waals surface area (Å²) < 4.78 is 13.5. The van der Waals surface area contributed by atoms with Gasteiger partial charge in [-0.05, 0) is 36.5 Å². The standard InChI is InChI=1S/C14H18Cl2FN/c15-9-14(5-1-2-6-14)10-18-8-11-7-12(16)3-4-13(11)17/h3-4,7,18H,1-2,5-6,8-10H2. The van der Waals surface area contributed by atoms with E-state index < -0.39 is 0 Å². The van der Waals surface area contributed by atoms with E-state index in [1.54, 1.807) is 12.1 Å². The highest BCUT2D eigenvalue weighted by atomic mass is 35.5. The van der Waals surface area contributed by atoms with Crippen LogP contribution in [0.4, 0.5) is 4.39 Å². The van der Waals surface area contributed by atoms with E-state index >= 15 is 0 Å². The van der Waals surface area contributed by atoms with Gasteiger partial charge < -0.3 is 5.32 Å². The molecule has 0 aromatic heterocycles. The van der Waals surface area contributed by atoms with Gasteiger partial charge in [-0.3, -0.25) is 0 Å². The van der Waals surface area contributed by atoms with Crippen molar-refractivity contribution in [3.8, 4) is 0 Å². The number of nitrogens with one attached hydrogen (secondary N) is 1. The Bertz CT molecular complexity index is 403. The minimum atomic E-state index is -0.210. The van der Waals surface area contributed by atoms with E-state index in [0.717, 1.165) is 6.54 Å². The monoisotopic (exact) mass is 289 g/mol. The first-order valence-electron chi connectivity index (χ1n) is 6.36. The summed E-state index contributed by atoms with van der Waals surface area (Å²) in [6.07, 6.45) is 4.84. The number of halogens is 3. The Morgan fingerprint density at radius 3 is 2.67 bits per heavy atom. The fraction of sp³-hybridized carbons (Fsp3) is 0.571. The lowest BCUT2D eigenvalue weighted by Crippen LogP contribution is -2.33. The van der Waals surface area contributed by atoms with Crippen molar-refractivity contribution in [2.75, 3.05) is 12.4 Å². The molecule has 0 heterocycles. The largest absolute Gasteiger partial charge is 0.312 e. The minimum absolute atomic E-state index is 0.205. The minimum Gasteiger partial charge on any atom is -0.312 e. The molecule has 4 heteroatoms. The van der Waals surface area contributed by atoms with Crippen molar-refractivity contribution in [3.63, 3.8) is 0 Å². The van der Waals surface area contributed by atoms with Gasteiger partial charge in [-0.2, -0.15) is 0 Å². The third-order valence-corrected chi connectivity index (χ3v) is 4.57. The van der Waals surface area contributed by atoms with Gasteiger partial charge in [0.15, 0.2) is 0 Å². The van der Waals surface area contributed by atoms with Crippen molar-refractivity contribution in [1.29, 1.82) is 0 Å². The SMILES string of the molecule is Fc1ccc(Cl)cc1CNCC1(CCl)CCCC1. The molecule has 1 aliphatic carbocycles. The number of rotatable bonds is 5. The van der Waals surface area contributed by atoms with Crippen LogP contribution in [-0.4, -0.2) is 12.4 Å². The van der Waals surface area contributed by atoms with Gasteiger partial charge in [-0.1, -0.05) is 24.4 Å². The van der Waals surface area contributed by atoms with E-state index in [-0.39, 0.29) is 11.2 Å². The first-order valence-corrected chi connectivity index (χ1v) is 7.27. The first-order chi connectivity index (χ1) is 8.65. The number of hydrogen-bond donors (Lipinski definition) is 1. The molecule has 1 N–H and O–H groups in total. The third-order valence-electron chi connectivity index (χ3n) is 3.77. The molecular formula is C14H18Cl2FN. The molecule has 0 spiro atoms. The van der Waals surface area contributed by atoms with Gasteiger partial charge in [0.05, 0.1) is 0 Å². The van der Waals surface area contributed by atoms with E-state index in [2.05, 4.69) is 5.32 Å². The number of benzene rings is 1. The molecule has 0 unspecified atom stereocenters. The zero-order valence-electron chi connectivity index (χ0n) is 10.3. The Morgan fingerprint density at radius 2 is 2.00 bits per heavy atom. The van der Waals surface area contributed by atoms with Crippen molar-refractivity contribution >= 4 is 23.2 Å². The lowest BCUT2D eigenvalue weighted by molar-refractivity contribution is 0.319. The molecule has 1 aliphatic rings. The Morgan fingerprint density at radius 1 is 1.28 bits per heavy atom. The van der Waals surface area contributed by atoms with E-state index in [1.807, 2.05) is 0 Å². The van der Waals surface area contributed by atoms with E-state index in [1.165, 1.54) is 31.7 Å². The van der Waals surface area contributed by atoms with Crippen molar-refractivity contribution < 1.29 is 4.39 Å². The predicted octanol–water partition coefficient (Wildman–Crippen LogP) is 4.37. The highest BCUT2D eigenvalue weighted by Crippen LogP contribution is 2.38. The van der Waals surface area contributed by atoms with Crippen LogP contribution in [0.1, 0.15) is 31.2 Å². The van der Waals surface area contributed by atoms with Crippen LogP contribution in [0.25, 0.3) is 0 Å². The van der Waals surface area contributed by atoms with Crippen LogP contribution < -0.4 is 5.32 Å². The Labute approximate surface area is 118 Å². The van der Waals surface area contributed by atoms with Crippen LogP contribution in [0.3, 0.4) is 0 Å². The van der Waals surface area contributed by atoms with Gasteiger partial charge in [-0.15, -0.1) is 11.6 Å². The average Bonchev–Trinajstić information content (AvgIpc) is 2.83. The van der Waals surface area contributed by atoms with Gasteiger partial charge in [0.25, 0.3) is 0 Å². The molecule has 0 aliphatic heterocycles. The van der Waals surface area contributed by atoms with Gasteiger partial charge in [0.2, 0.25) is 0 Å². The van der Waals surface area contributed by atoms with E-state index in [4.69, 9.17) is 23.2 Å². The van der Waals surface area contributed by atoms with E-state index in [0.29, 0.717) is 23.0 Å². The van der Waals surface area contributed by atoms with Crippen LogP contribution in [0, 0.1) is 11.2 Å². The van der Waals surface area contributed by atoms with Crippen LogP contribution >= 0.6 is 23.2 Å². The molecule has 1 nitrogen and oxygen atoms in total. The topological polar surface area (TPSA) is 12.0 Å². The second-order valence-corrected chi connectivity index (χ2v) is 5.88. The predicted molar refractivity (Wildman–Crippen MR) is 74.7 cm³/mol. The van der Waals surface area contributed by atoms with Crippen molar-refractivity contribution in [2.24, 2.45) is 5.41 Å². The molecule has 0 saturated heterocycles. The van der Waals surface area contributed by atoms with Crippen molar-refractivity contribution in [3.05, 3.63) is 34.6 Å². The summed E-state index contributed by atoms with van der Waals surface area (Å²) in [4.78, 5) is 0. The fourth-order valence-corrected chi connectivity index (χ4v) is 3.18. The van der Waals surface area contributed by atoms with Crippen LogP contribution in [-0.2, 0) is 6.54 Å². The summed E-state index contributed by atoms with van der Waals surface area (Å²) >= 11 is 11.9. The molecule has 1 fully saturated rings. The lowest BCUT2D eigenvalue weighted by Gasteiger charge is -2.26. The fourth-order valence-electron chi connectivity index (χ4n) is 2.62.